The van der Waals surface area contributed by atoms with E-state index in [4.69, 9.17) is 9.52 Å². The molecule has 0 amide bonds. The summed E-state index contributed by atoms with van der Waals surface area (Å²) in [6.45, 7) is 4.91. The van der Waals surface area contributed by atoms with Crippen LogP contribution in [0.25, 0.3) is 5.65 Å². The van der Waals surface area contributed by atoms with Crippen molar-refractivity contribution in [1.82, 2.24) is 29.7 Å². The van der Waals surface area contributed by atoms with Crippen LogP contribution in [0.2, 0.25) is 0 Å². The van der Waals surface area contributed by atoms with E-state index in [2.05, 4.69) is 26.1 Å². The van der Waals surface area contributed by atoms with Gasteiger partial charge in [-0.1, -0.05) is 0 Å². The van der Waals surface area contributed by atoms with Crippen molar-refractivity contribution in [1.29, 1.82) is 0 Å². The molecule has 3 aromatic rings. The molecule has 130 valence electrons. The number of hydrogen-bond donors (Lipinski definition) is 0. The Bertz CT molecular complexity index is 906. The fourth-order valence-corrected chi connectivity index (χ4v) is 4.09. The Labute approximate surface area is 146 Å². The Kier molecular flexibility index (Phi) is 3.55. The Morgan fingerprint density at radius 3 is 2.88 bits per heavy atom. The van der Waals surface area contributed by atoms with Crippen LogP contribution in [0.5, 0.6) is 0 Å². The molecule has 0 radical (unpaired) electrons. The molecule has 0 unspecified atom stereocenters. The molecule has 0 spiro atoms. The van der Waals surface area contributed by atoms with Gasteiger partial charge in [0.05, 0.1) is 11.4 Å². The zero-order valence-electron chi connectivity index (χ0n) is 14.5. The van der Waals surface area contributed by atoms with Crippen LogP contribution < -0.4 is 0 Å². The van der Waals surface area contributed by atoms with E-state index < -0.39 is 0 Å². The lowest BCUT2D eigenvalue weighted by atomic mass is 9.96. The van der Waals surface area contributed by atoms with Gasteiger partial charge in [0.2, 0.25) is 0 Å². The second-order valence-electron chi connectivity index (χ2n) is 7.20. The summed E-state index contributed by atoms with van der Waals surface area (Å²) >= 11 is 0. The predicted octanol–water partition coefficient (Wildman–Crippen LogP) is 2.29. The van der Waals surface area contributed by atoms with Crippen molar-refractivity contribution in [2.75, 3.05) is 13.1 Å². The summed E-state index contributed by atoms with van der Waals surface area (Å²) in [5.74, 6) is 2.38. The first-order chi connectivity index (χ1) is 12.3. The summed E-state index contributed by atoms with van der Waals surface area (Å²) < 4.78 is 7.30. The Morgan fingerprint density at radius 1 is 1.20 bits per heavy atom. The molecule has 0 atom stereocenters. The molecule has 0 aromatic carbocycles. The molecule has 1 saturated heterocycles. The van der Waals surface area contributed by atoms with E-state index in [9.17, 15) is 0 Å². The fraction of sp³-hybridized carbons (Fsp3) is 0.556. The van der Waals surface area contributed by atoms with E-state index in [0.717, 1.165) is 68.2 Å². The quantitative estimate of drug-likeness (QED) is 0.729. The van der Waals surface area contributed by atoms with Crippen LogP contribution in [-0.2, 0) is 19.4 Å². The number of piperidine rings is 1. The number of rotatable bonds is 3. The number of hydrogen-bond acceptors (Lipinski definition) is 6. The minimum Gasteiger partial charge on any atom is -0.448 e. The normalized spacial score (nSPS) is 18.9. The van der Waals surface area contributed by atoms with Gasteiger partial charge in [-0.25, -0.2) is 4.98 Å². The first kappa shape index (κ1) is 15.0. The molecule has 5 rings (SSSR count). The topological polar surface area (TPSA) is 72.3 Å². The highest BCUT2D eigenvalue weighted by molar-refractivity contribution is 5.43. The monoisotopic (exact) mass is 338 g/mol. The molecule has 0 bridgehead atoms. The van der Waals surface area contributed by atoms with Crippen molar-refractivity contribution < 1.29 is 4.42 Å². The first-order valence-corrected chi connectivity index (χ1v) is 9.13. The number of likely N-dealkylation sites (tertiary alicyclic amines) is 1. The molecule has 1 aliphatic heterocycles. The van der Waals surface area contributed by atoms with E-state index in [1.807, 2.05) is 11.4 Å². The summed E-state index contributed by atoms with van der Waals surface area (Å²) in [5.41, 5.74) is 4.52. The van der Waals surface area contributed by atoms with Gasteiger partial charge < -0.3 is 4.42 Å². The standard InChI is InChI=1S/C18H22N6O/c1-12-16(19-11-25-12)10-23-7-5-13(6-8-23)18-21-20-17-9-14-3-2-4-15(14)22-24(17)18/h9,11,13H,2-8,10H2,1H3. The van der Waals surface area contributed by atoms with Gasteiger partial charge in [0.25, 0.3) is 0 Å². The SMILES string of the molecule is Cc1ocnc1CN1CCC(c2nnc3cc4c(nn23)CCC4)CC1. The molecule has 2 aliphatic rings. The molecule has 1 fully saturated rings. The molecule has 0 N–H and O–H groups in total. The van der Waals surface area contributed by atoms with E-state index >= 15 is 0 Å². The zero-order valence-corrected chi connectivity index (χ0v) is 14.5. The Hall–Kier alpha value is -2.28. The molecule has 0 saturated carbocycles. The minimum absolute atomic E-state index is 0.427. The van der Waals surface area contributed by atoms with Crippen molar-refractivity contribution >= 4 is 5.65 Å². The van der Waals surface area contributed by atoms with Crippen molar-refractivity contribution in [3.63, 3.8) is 0 Å². The van der Waals surface area contributed by atoms with Gasteiger partial charge in [0.15, 0.2) is 17.9 Å². The smallest absolute Gasteiger partial charge is 0.181 e. The van der Waals surface area contributed by atoms with Gasteiger partial charge in [-0.3, -0.25) is 4.90 Å². The highest BCUT2D eigenvalue weighted by atomic mass is 16.3. The van der Waals surface area contributed by atoms with Gasteiger partial charge in [-0.05, 0) is 63.7 Å². The molecule has 25 heavy (non-hydrogen) atoms. The number of oxazole rings is 1. The molecule has 1 aliphatic carbocycles. The van der Waals surface area contributed by atoms with Crippen LogP contribution in [0.15, 0.2) is 16.9 Å². The second kappa shape index (κ2) is 5.91. The summed E-state index contributed by atoms with van der Waals surface area (Å²) in [5, 5.41) is 13.7. The van der Waals surface area contributed by atoms with Crippen LogP contribution in [0, 0.1) is 6.92 Å². The highest BCUT2D eigenvalue weighted by Crippen LogP contribution is 2.29. The van der Waals surface area contributed by atoms with Crippen molar-refractivity contribution in [2.24, 2.45) is 0 Å². The maximum absolute atomic E-state index is 5.30. The number of fused-ring (bicyclic) bond motifs is 2. The van der Waals surface area contributed by atoms with E-state index in [1.54, 1.807) is 0 Å². The van der Waals surface area contributed by atoms with Gasteiger partial charge in [-0.15, -0.1) is 10.2 Å². The first-order valence-electron chi connectivity index (χ1n) is 9.13. The Morgan fingerprint density at radius 2 is 2.08 bits per heavy atom. The fourth-order valence-electron chi connectivity index (χ4n) is 4.09. The second-order valence-corrected chi connectivity index (χ2v) is 7.20. The molecule has 7 heteroatoms. The predicted molar refractivity (Wildman–Crippen MR) is 91.3 cm³/mol. The summed E-state index contributed by atoms with van der Waals surface area (Å²) in [6, 6.07) is 2.17. The molecule has 7 nitrogen and oxygen atoms in total. The van der Waals surface area contributed by atoms with Crippen LogP contribution in [0.1, 0.15) is 53.7 Å². The number of aromatic nitrogens is 5. The van der Waals surface area contributed by atoms with Gasteiger partial charge >= 0.3 is 0 Å². The van der Waals surface area contributed by atoms with E-state index in [-0.39, 0.29) is 0 Å². The molecule has 4 heterocycles. The number of aryl methyl sites for hydroxylation is 3. The minimum atomic E-state index is 0.427. The average molecular weight is 338 g/mol. The maximum Gasteiger partial charge on any atom is 0.181 e. The van der Waals surface area contributed by atoms with Crippen LogP contribution in [-0.4, -0.2) is 42.8 Å². The molecular formula is C18H22N6O. The van der Waals surface area contributed by atoms with Crippen LogP contribution in [0.3, 0.4) is 0 Å². The largest absolute Gasteiger partial charge is 0.448 e. The zero-order chi connectivity index (χ0) is 16.8. The summed E-state index contributed by atoms with van der Waals surface area (Å²) in [4.78, 5) is 6.75. The number of nitrogens with zero attached hydrogens (tertiary/aromatic N) is 6. The van der Waals surface area contributed by atoms with E-state index in [1.165, 1.54) is 24.1 Å². The summed E-state index contributed by atoms with van der Waals surface area (Å²) in [7, 11) is 0. The highest BCUT2D eigenvalue weighted by Gasteiger charge is 2.26. The van der Waals surface area contributed by atoms with Gasteiger partial charge in [-0.2, -0.15) is 9.61 Å². The van der Waals surface area contributed by atoms with Crippen LogP contribution in [0.4, 0.5) is 0 Å². The third-order valence-corrected chi connectivity index (χ3v) is 5.61. The average Bonchev–Trinajstić information content (AvgIpc) is 3.34. The Balaban J connectivity index is 1.32. The maximum atomic E-state index is 5.30. The lowest BCUT2D eigenvalue weighted by Crippen LogP contribution is -2.33. The molecular weight excluding hydrogens is 316 g/mol. The molecule has 3 aromatic heterocycles. The van der Waals surface area contributed by atoms with E-state index in [0.29, 0.717) is 5.92 Å². The lowest BCUT2D eigenvalue weighted by Gasteiger charge is -2.30. The van der Waals surface area contributed by atoms with Crippen molar-refractivity contribution in [3.8, 4) is 0 Å². The van der Waals surface area contributed by atoms with Crippen molar-refractivity contribution in [3.05, 3.63) is 41.0 Å². The third-order valence-electron chi connectivity index (χ3n) is 5.61. The summed E-state index contributed by atoms with van der Waals surface area (Å²) in [6.07, 6.45) is 7.11. The van der Waals surface area contributed by atoms with Gasteiger partial charge in [0, 0.05) is 12.5 Å². The van der Waals surface area contributed by atoms with Gasteiger partial charge in [0.1, 0.15) is 5.76 Å². The lowest BCUT2D eigenvalue weighted by molar-refractivity contribution is 0.198. The van der Waals surface area contributed by atoms with Crippen LogP contribution >= 0.6 is 0 Å². The third kappa shape index (κ3) is 2.63. The van der Waals surface area contributed by atoms with Crippen molar-refractivity contribution in [2.45, 2.75) is 51.5 Å².